The van der Waals surface area contributed by atoms with Gasteiger partial charge < -0.3 is 15.4 Å². The van der Waals surface area contributed by atoms with Gasteiger partial charge in [-0.1, -0.05) is 6.92 Å². The van der Waals surface area contributed by atoms with E-state index >= 15 is 0 Å². The van der Waals surface area contributed by atoms with Crippen LogP contribution in [-0.2, 0) is 11.3 Å². The van der Waals surface area contributed by atoms with Crippen molar-refractivity contribution in [1.82, 2.24) is 10.6 Å². The van der Waals surface area contributed by atoms with Crippen molar-refractivity contribution in [2.24, 2.45) is 0 Å². The molecule has 0 radical (unpaired) electrons. The first kappa shape index (κ1) is 13.8. The summed E-state index contributed by atoms with van der Waals surface area (Å²) < 4.78 is 18.7. The summed E-state index contributed by atoms with van der Waals surface area (Å²) >= 11 is 0. The van der Waals surface area contributed by atoms with Gasteiger partial charge in [-0.05, 0) is 37.6 Å². The SMILES string of the molecule is CCNCc1cc(F)ccc1OCC(=O)NC1CC1. The summed E-state index contributed by atoms with van der Waals surface area (Å²) in [5.41, 5.74) is 0.723. The highest BCUT2D eigenvalue weighted by Crippen LogP contribution is 2.20. The van der Waals surface area contributed by atoms with Gasteiger partial charge in [-0.3, -0.25) is 4.79 Å². The van der Waals surface area contributed by atoms with Crippen molar-refractivity contribution in [2.75, 3.05) is 13.2 Å². The Bertz CT molecular complexity index is 447. The minimum atomic E-state index is -0.303. The zero-order valence-electron chi connectivity index (χ0n) is 11.0. The van der Waals surface area contributed by atoms with Crippen LogP contribution >= 0.6 is 0 Å². The topological polar surface area (TPSA) is 50.4 Å². The first-order valence-electron chi connectivity index (χ1n) is 6.60. The molecule has 0 spiro atoms. The van der Waals surface area contributed by atoms with Crippen molar-refractivity contribution in [3.8, 4) is 5.75 Å². The van der Waals surface area contributed by atoms with E-state index in [2.05, 4.69) is 10.6 Å². The molecule has 0 aromatic heterocycles. The molecule has 1 fully saturated rings. The van der Waals surface area contributed by atoms with Gasteiger partial charge in [-0.25, -0.2) is 4.39 Å². The molecule has 1 saturated carbocycles. The molecule has 0 aliphatic heterocycles. The molecule has 0 saturated heterocycles. The molecular weight excluding hydrogens is 247 g/mol. The third-order valence-corrected chi connectivity index (χ3v) is 2.89. The number of hydrogen-bond donors (Lipinski definition) is 2. The lowest BCUT2D eigenvalue weighted by Crippen LogP contribution is -2.30. The van der Waals surface area contributed by atoms with Crippen molar-refractivity contribution < 1.29 is 13.9 Å². The Morgan fingerprint density at radius 3 is 2.95 bits per heavy atom. The second kappa shape index (κ2) is 6.52. The van der Waals surface area contributed by atoms with E-state index < -0.39 is 0 Å². The first-order chi connectivity index (χ1) is 9.19. The van der Waals surface area contributed by atoms with Crippen LogP contribution in [0.25, 0.3) is 0 Å². The largest absolute Gasteiger partial charge is 0.483 e. The smallest absolute Gasteiger partial charge is 0.258 e. The molecule has 0 heterocycles. The Kier molecular flexibility index (Phi) is 4.74. The molecule has 2 N–H and O–H groups in total. The molecule has 0 atom stereocenters. The first-order valence-corrected chi connectivity index (χ1v) is 6.60. The number of nitrogens with one attached hydrogen (secondary N) is 2. The van der Waals surface area contributed by atoms with Gasteiger partial charge >= 0.3 is 0 Å². The fourth-order valence-corrected chi connectivity index (χ4v) is 1.73. The minimum absolute atomic E-state index is 0.0265. The van der Waals surface area contributed by atoms with Gasteiger partial charge in [0.05, 0.1) is 0 Å². The number of hydrogen-bond acceptors (Lipinski definition) is 3. The fourth-order valence-electron chi connectivity index (χ4n) is 1.73. The van der Waals surface area contributed by atoms with Gasteiger partial charge in [0.25, 0.3) is 5.91 Å². The number of rotatable bonds is 7. The van der Waals surface area contributed by atoms with Crippen LogP contribution in [0.2, 0.25) is 0 Å². The third-order valence-electron chi connectivity index (χ3n) is 2.89. The summed E-state index contributed by atoms with van der Waals surface area (Å²) in [6.07, 6.45) is 2.10. The Morgan fingerprint density at radius 2 is 2.26 bits per heavy atom. The third kappa shape index (κ3) is 4.52. The maximum atomic E-state index is 13.2. The van der Waals surface area contributed by atoms with E-state index in [1.54, 1.807) is 6.07 Å². The number of carbonyl (C=O) groups excluding carboxylic acids is 1. The van der Waals surface area contributed by atoms with E-state index in [0.29, 0.717) is 18.3 Å². The molecule has 1 aliphatic carbocycles. The van der Waals surface area contributed by atoms with Gasteiger partial charge in [-0.15, -0.1) is 0 Å². The van der Waals surface area contributed by atoms with Gasteiger partial charge in [-0.2, -0.15) is 0 Å². The monoisotopic (exact) mass is 266 g/mol. The van der Waals surface area contributed by atoms with E-state index in [4.69, 9.17) is 4.74 Å². The lowest BCUT2D eigenvalue weighted by molar-refractivity contribution is -0.123. The minimum Gasteiger partial charge on any atom is -0.483 e. The molecular formula is C14H19FN2O2. The van der Waals surface area contributed by atoms with Crippen LogP contribution in [0.4, 0.5) is 4.39 Å². The zero-order valence-corrected chi connectivity index (χ0v) is 11.0. The predicted octanol–water partition coefficient (Wildman–Crippen LogP) is 1.59. The van der Waals surface area contributed by atoms with Crippen LogP contribution in [0.15, 0.2) is 18.2 Å². The molecule has 0 unspecified atom stereocenters. The second-order valence-electron chi connectivity index (χ2n) is 4.66. The molecule has 1 aromatic rings. The highest BCUT2D eigenvalue weighted by atomic mass is 19.1. The molecule has 5 heteroatoms. The van der Waals surface area contributed by atoms with Crippen molar-refractivity contribution in [2.45, 2.75) is 32.4 Å². The molecule has 0 bridgehead atoms. The van der Waals surface area contributed by atoms with Crippen LogP contribution in [-0.4, -0.2) is 25.1 Å². The van der Waals surface area contributed by atoms with Crippen molar-refractivity contribution >= 4 is 5.91 Å². The molecule has 1 amide bonds. The Balaban J connectivity index is 1.91. The number of carbonyl (C=O) groups is 1. The maximum absolute atomic E-state index is 13.2. The standard InChI is InChI=1S/C14H19FN2O2/c1-2-16-8-10-7-11(15)3-6-13(10)19-9-14(18)17-12-4-5-12/h3,6-7,12,16H,2,4-5,8-9H2,1H3,(H,17,18). The Labute approximate surface area is 112 Å². The van der Waals surface area contributed by atoms with Crippen molar-refractivity contribution in [3.63, 3.8) is 0 Å². The molecule has 4 nitrogen and oxygen atoms in total. The van der Waals surface area contributed by atoms with E-state index in [-0.39, 0.29) is 18.3 Å². The molecule has 1 aromatic carbocycles. The van der Waals surface area contributed by atoms with Crippen LogP contribution in [0.1, 0.15) is 25.3 Å². The number of amides is 1. The fraction of sp³-hybridized carbons (Fsp3) is 0.500. The number of ether oxygens (including phenoxy) is 1. The molecule has 2 rings (SSSR count). The van der Waals surface area contributed by atoms with E-state index in [1.165, 1.54) is 12.1 Å². The Hall–Kier alpha value is -1.62. The molecule has 19 heavy (non-hydrogen) atoms. The van der Waals surface area contributed by atoms with Gasteiger partial charge in [0.2, 0.25) is 0 Å². The van der Waals surface area contributed by atoms with E-state index in [1.807, 2.05) is 6.92 Å². The van der Waals surface area contributed by atoms with Gasteiger partial charge in [0.15, 0.2) is 6.61 Å². The molecule has 104 valence electrons. The predicted molar refractivity (Wildman–Crippen MR) is 70.4 cm³/mol. The summed E-state index contributed by atoms with van der Waals surface area (Å²) in [7, 11) is 0. The lowest BCUT2D eigenvalue weighted by Gasteiger charge is -2.12. The lowest BCUT2D eigenvalue weighted by atomic mass is 10.2. The average Bonchev–Trinajstić information content (AvgIpc) is 3.19. The summed E-state index contributed by atoms with van der Waals surface area (Å²) in [6.45, 7) is 3.26. The van der Waals surface area contributed by atoms with Gasteiger partial charge in [0.1, 0.15) is 11.6 Å². The van der Waals surface area contributed by atoms with Crippen molar-refractivity contribution in [3.05, 3.63) is 29.6 Å². The second-order valence-corrected chi connectivity index (χ2v) is 4.66. The Morgan fingerprint density at radius 1 is 1.47 bits per heavy atom. The average molecular weight is 266 g/mol. The summed E-state index contributed by atoms with van der Waals surface area (Å²) in [5.74, 6) is 0.122. The highest BCUT2D eigenvalue weighted by Gasteiger charge is 2.23. The zero-order chi connectivity index (χ0) is 13.7. The quantitative estimate of drug-likeness (QED) is 0.788. The maximum Gasteiger partial charge on any atom is 0.258 e. The molecule has 1 aliphatic rings. The number of benzene rings is 1. The van der Waals surface area contributed by atoms with Crippen LogP contribution < -0.4 is 15.4 Å². The summed E-state index contributed by atoms with van der Waals surface area (Å²) in [4.78, 5) is 11.5. The van der Waals surface area contributed by atoms with E-state index in [9.17, 15) is 9.18 Å². The normalized spacial score (nSPS) is 14.2. The van der Waals surface area contributed by atoms with E-state index in [0.717, 1.165) is 24.9 Å². The van der Waals surface area contributed by atoms with Crippen LogP contribution in [0, 0.1) is 5.82 Å². The summed E-state index contributed by atoms with van der Waals surface area (Å²) in [5, 5.41) is 5.96. The van der Waals surface area contributed by atoms with Gasteiger partial charge in [0, 0.05) is 18.2 Å². The van der Waals surface area contributed by atoms with Crippen molar-refractivity contribution in [1.29, 1.82) is 0 Å². The number of halogens is 1. The highest BCUT2D eigenvalue weighted by molar-refractivity contribution is 5.78. The summed E-state index contributed by atoms with van der Waals surface area (Å²) in [6, 6.07) is 4.65. The van der Waals surface area contributed by atoms with Crippen LogP contribution in [0.3, 0.4) is 0 Å². The van der Waals surface area contributed by atoms with Crippen LogP contribution in [0.5, 0.6) is 5.75 Å².